The highest BCUT2D eigenvalue weighted by atomic mass is 16.1. The number of nitrogens with zero attached hydrogens (tertiary/aromatic N) is 4. The van der Waals surface area contributed by atoms with Gasteiger partial charge in [0.1, 0.15) is 18.0 Å². The summed E-state index contributed by atoms with van der Waals surface area (Å²) in [6.07, 6.45) is 8.28. The number of rotatable bonds is 2. The van der Waals surface area contributed by atoms with E-state index in [2.05, 4.69) is 24.8 Å². The first-order chi connectivity index (χ1) is 8.83. The van der Waals surface area contributed by atoms with Crippen LogP contribution in [0.25, 0.3) is 0 Å². The molecule has 1 aliphatic rings. The molecule has 1 amide bonds. The maximum atomic E-state index is 12.1. The summed E-state index contributed by atoms with van der Waals surface area (Å²) in [6.45, 7) is 0.844. The van der Waals surface area contributed by atoms with E-state index in [9.17, 15) is 4.79 Å². The van der Waals surface area contributed by atoms with Crippen molar-refractivity contribution in [3.8, 4) is 0 Å². The molecule has 6 nitrogen and oxygen atoms in total. The fourth-order valence-electron chi connectivity index (χ4n) is 2.17. The highest BCUT2D eigenvalue weighted by Crippen LogP contribution is 2.20. The monoisotopic (exact) mass is 243 g/mol. The SMILES string of the molecule is O=C(Nc1ccncn1)C1CCn2ccnc2C1. The third-order valence-corrected chi connectivity index (χ3v) is 3.15. The molecule has 3 rings (SSSR count). The Kier molecular flexibility index (Phi) is 2.76. The predicted molar refractivity (Wildman–Crippen MR) is 64.7 cm³/mol. The summed E-state index contributed by atoms with van der Waals surface area (Å²) in [4.78, 5) is 24.1. The minimum absolute atomic E-state index is 0.00273. The molecule has 0 aromatic carbocycles. The molecular weight excluding hydrogens is 230 g/mol. The Hall–Kier alpha value is -2.24. The van der Waals surface area contributed by atoms with Crippen LogP contribution < -0.4 is 5.32 Å². The van der Waals surface area contributed by atoms with Crippen molar-refractivity contribution in [2.45, 2.75) is 19.4 Å². The number of amides is 1. The molecule has 0 bridgehead atoms. The van der Waals surface area contributed by atoms with Crippen LogP contribution >= 0.6 is 0 Å². The van der Waals surface area contributed by atoms with Crippen LogP contribution in [0.4, 0.5) is 5.82 Å². The van der Waals surface area contributed by atoms with Gasteiger partial charge in [-0.2, -0.15) is 0 Å². The number of anilines is 1. The minimum atomic E-state index is -0.0325. The van der Waals surface area contributed by atoms with Gasteiger partial charge in [-0.1, -0.05) is 0 Å². The number of fused-ring (bicyclic) bond motifs is 1. The first-order valence-corrected chi connectivity index (χ1v) is 5.90. The zero-order valence-electron chi connectivity index (χ0n) is 9.78. The van der Waals surface area contributed by atoms with Gasteiger partial charge in [-0.3, -0.25) is 4.79 Å². The lowest BCUT2D eigenvalue weighted by Crippen LogP contribution is -2.30. The molecular formula is C12H13N5O. The van der Waals surface area contributed by atoms with Gasteiger partial charge in [-0.25, -0.2) is 15.0 Å². The Labute approximate surface area is 104 Å². The summed E-state index contributed by atoms with van der Waals surface area (Å²) in [6, 6.07) is 1.68. The molecule has 18 heavy (non-hydrogen) atoms. The zero-order valence-corrected chi connectivity index (χ0v) is 9.78. The number of aryl methyl sites for hydroxylation is 1. The maximum Gasteiger partial charge on any atom is 0.229 e. The van der Waals surface area contributed by atoms with Gasteiger partial charge < -0.3 is 9.88 Å². The molecule has 6 heteroatoms. The predicted octanol–water partition coefficient (Wildman–Crippen LogP) is 0.874. The molecule has 2 aromatic rings. The lowest BCUT2D eigenvalue weighted by Gasteiger charge is -2.22. The van der Waals surface area contributed by atoms with E-state index < -0.39 is 0 Å². The molecule has 0 saturated heterocycles. The van der Waals surface area contributed by atoms with Gasteiger partial charge in [0.05, 0.1) is 0 Å². The number of hydrogen-bond acceptors (Lipinski definition) is 4. The summed E-state index contributed by atoms with van der Waals surface area (Å²) in [5, 5.41) is 2.81. The van der Waals surface area contributed by atoms with Crippen molar-refractivity contribution in [3.05, 3.63) is 36.8 Å². The number of aromatic nitrogens is 4. The second-order valence-corrected chi connectivity index (χ2v) is 4.31. The standard InChI is InChI=1S/C12H13N5O/c18-12(16-10-1-3-13-8-15-10)9-2-5-17-6-4-14-11(17)7-9/h1,3-4,6,8-9H,2,5,7H2,(H,13,15,16,18). The highest BCUT2D eigenvalue weighted by molar-refractivity contribution is 5.91. The van der Waals surface area contributed by atoms with Crippen LogP contribution in [0.3, 0.4) is 0 Å². The van der Waals surface area contributed by atoms with Crippen molar-refractivity contribution in [3.63, 3.8) is 0 Å². The van der Waals surface area contributed by atoms with E-state index in [-0.39, 0.29) is 11.8 Å². The highest BCUT2D eigenvalue weighted by Gasteiger charge is 2.25. The summed E-state index contributed by atoms with van der Waals surface area (Å²) in [5.74, 6) is 1.49. The van der Waals surface area contributed by atoms with E-state index in [1.165, 1.54) is 6.33 Å². The molecule has 1 N–H and O–H groups in total. The van der Waals surface area contributed by atoms with Crippen LogP contribution in [-0.2, 0) is 17.8 Å². The van der Waals surface area contributed by atoms with Crippen LogP contribution in [0, 0.1) is 5.92 Å². The zero-order chi connectivity index (χ0) is 12.4. The molecule has 0 fully saturated rings. The fraction of sp³-hybridized carbons (Fsp3) is 0.333. The van der Waals surface area contributed by atoms with Gasteiger partial charge in [0, 0.05) is 37.5 Å². The van der Waals surface area contributed by atoms with Crippen molar-refractivity contribution < 1.29 is 4.79 Å². The average Bonchev–Trinajstić information content (AvgIpc) is 2.87. The molecule has 3 heterocycles. The van der Waals surface area contributed by atoms with Crippen LogP contribution in [0.1, 0.15) is 12.2 Å². The van der Waals surface area contributed by atoms with Crippen molar-refractivity contribution >= 4 is 11.7 Å². The third-order valence-electron chi connectivity index (χ3n) is 3.15. The third kappa shape index (κ3) is 2.09. The average molecular weight is 243 g/mol. The van der Waals surface area contributed by atoms with E-state index in [1.807, 2.05) is 6.20 Å². The first kappa shape index (κ1) is 10.9. The van der Waals surface area contributed by atoms with E-state index in [0.717, 1.165) is 18.8 Å². The topological polar surface area (TPSA) is 72.7 Å². The molecule has 0 aliphatic carbocycles. The Morgan fingerprint density at radius 1 is 1.39 bits per heavy atom. The summed E-state index contributed by atoms with van der Waals surface area (Å²) in [5.41, 5.74) is 0. The largest absolute Gasteiger partial charge is 0.335 e. The Balaban J connectivity index is 1.68. The summed E-state index contributed by atoms with van der Waals surface area (Å²) < 4.78 is 2.09. The van der Waals surface area contributed by atoms with Crippen LogP contribution in [-0.4, -0.2) is 25.4 Å². The molecule has 1 aliphatic heterocycles. The smallest absolute Gasteiger partial charge is 0.229 e. The van der Waals surface area contributed by atoms with Crippen molar-refractivity contribution in [1.29, 1.82) is 0 Å². The van der Waals surface area contributed by atoms with E-state index in [0.29, 0.717) is 12.2 Å². The molecule has 0 radical (unpaired) electrons. The minimum Gasteiger partial charge on any atom is -0.335 e. The summed E-state index contributed by atoms with van der Waals surface area (Å²) >= 11 is 0. The number of hydrogen-bond donors (Lipinski definition) is 1. The number of nitrogens with one attached hydrogen (secondary N) is 1. The number of carbonyl (C=O) groups is 1. The lowest BCUT2D eigenvalue weighted by molar-refractivity contribution is -0.120. The Morgan fingerprint density at radius 2 is 2.33 bits per heavy atom. The van der Waals surface area contributed by atoms with Crippen molar-refractivity contribution in [2.75, 3.05) is 5.32 Å². The number of imidazole rings is 1. The summed E-state index contributed by atoms with van der Waals surface area (Å²) in [7, 11) is 0. The Bertz CT molecular complexity index is 551. The molecule has 1 unspecified atom stereocenters. The first-order valence-electron chi connectivity index (χ1n) is 5.90. The van der Waals surface area contributed by atoms with Gasteiger partial charge in [-0.05, 0) is 12.5 Å². The van der Waals surface area contributed by atoms with Gasteiger partial charge in [-0.15, -0.1) is 0 Å². The van der Waals surface area contributed by atoms with Gasteiger partial charge in [0.2, 0.25) is 5.91 Å². The normalized spacial score (nSPS) is 18.1. The molecule has 0 saturated carbocycles. The molecule has 2 aromatic heterocycles. The van der Waals surface area contributed by atoms with E-state index >= 15 is 0 Å². The molecule has 0 spiro atoms. The second-order valence-electron chi connectivity index (χ2n) is 4.31. The second kappa shape index (κ2) is 4.56. The van der Waals surface area contributed by atoms with Crippen molar-refractivity contribution in [2.24, 2.45) is 5.92 Å². The Morgan fingerprint density at radius 3 is 3.17 bits per heavy atom. The number of carbonyl (C=O) groups excluding carboxylic acids is 1. The fourth-order valence-corrected chi connectivity index (χ4v) is 2.17. The van der Waals surface area contributed by atoms with Crippen LogP contribution in [0.5, 0.6) is 0 Å². The maximum absolute atomic E-state index is 12.1. The van der Waals surface area contributed by atoms with Crippen LogP contribution in [0.2, 0.25) is 0 Å². The quantitative estimate of drug-likeness (QED) is 0.849. The van der Waals surface area contributed by atoms with Crippen molar-refractivity contribution in [1.82, 2.24) is 19.5 Å². The van der Waals surface area contributed by atoms with E-state index in [1.54, 1.807) is 18.5 Å². The lowest BCUT2D eigenvalue weighted by atomic mass is 9.97. The molecule has 92 valence electrons. The van der Waals surface area contributed by atoms with Crippen LogP contribution in [0.15, 0.2) is 31.0 Å². The molecule has 1 atom stereocenters. The van der Waals surface area contributed by atoms with Gasteiger partial charge in [0.25, 0.3) is 0 Å². The van der Waals surface area contributed by atoms with Gasteiger partial charge >= 0.3 is 0 Å². The van der Waals surface area contributed by atoms with E-state index in [4.69, 9.17) is 0 Å². The van der Waals surface area contributed by atoms with Gasteiger partial charge in [0.15, 0.2) is 0 Å².